The van der Waals surface area contributed by atoms with E-state index in [2.05, 4.69) is 5.32 Å². The third kappa shape index (κ3) is 3.40. The van der Waals surface area contributed by atoms with Gasteiger partial charge in [0, 0.05) is 29.2 Å². The summed E-state index contributed by atoms with van der Waals surface area (Å²) >= 11 is 7.44. The number of amidine groups is 1. The van der Waals surface area contributed by atoms with E-state index >= 15 is 0 Å². The number of carbonyl (C=O) groups is 1. The Morgan fingerprint density at radius 3 is 2.67 bits per heavy atom. The van der Waals surface area contributed by atoms with Gasteiger partial charge in [-0.25, -0.2) is 5.01 Å². The van der Waals surface area contributed by atoms with E-state index in [1.165, 1.54) is 11.8 Å². The van der Waals surface area contributed by atoms with Crippen molar-refractivity contribution in [1.29, 1.82) is 0 Å². The van der Waals surface area contributed by atoms with Crippen molar-refractivity contribution in [2.75, 3.05) is 0 Å². The number of nitrogens with zero attached hydrogens (tertiary/aromatic N) is 4. The Balaban J connectivity index is 1.55. The van der Waals surface area contributed by atoms with Crippen molar-refractivity contribution in [2.45, 2.75) is 11.9 Å². The molecule has 2 aliphatic rings. The van der Waals surface area contributed by atoms with E-state index in [4.69, 9.17) is 21.7 Å². The van der Waals surface area contributed by atoms with Gasteiger partial charge in [0.2, 0.25) is 0 Å². The minimum Gasteiger partial charge on any atom is -0.351 e. The second-order valence-corrected chi connectivity index (χ2v) is 8.43. The van der Waals surface area contributed by atoms with E-state index < -0.39 is 6.17 Å². The maximum atomic E-state index is 13.1. The zero-order valence-electron chi connectivity index (χ0n) is 16.1. The number of nitrogens with one attached hydrogen (secondary N) is 1. The van der Waals surface area contributed by atoms with Crippen molar-refractivity contribution in [3.05, 3.63) is 93.7 Å². The Labute approximate surface area is 182 Å². The second kappa shape index (κ2) is 7.66. The molecule has 2 aromatic carbocycles. The van der Waals surface area contributed by atoms with Crippen LogP contribution in [-0.2, 0) is 17.6 Å². The molecule has 3 aromatic rings. The molecule has 1 amide bonds. The number of halogens is 1. The zero-order chi connectivity index (χ0) is 20.7. The third-order valence-corrected chi connectivity index (χ3v) is 6.24. The van der Waals surface area contributed by atoms with Crippen molar-refractivity contribution in [3.8, 4) is 0 Å². The first-order valence-corrected chi connectivity index (χ1v) is 10.8. The van der Waals surface area contributed by atoms with Crippen molar-refractivity contribution >= 4 is 40.1 Å². The molecule has 150 valence electrons. The average Bonchev–Trinajstić information content (AvgIpc) is 3.18. The first-order valence-electron chi connectivity index (χ1n) is 9.45. The van der Waals surface area contributed by atoms with Crippen molar-refractivity contribution in [1.82, 2.24) is 14.9 Å². The Kier molecular flexibility index (Phi) is 4.84. The smallest absolute Gasteiger partial charge is 0.276 e. The molecule has 6 nitrogen and oxygen atoms in total. The molecule has 30 heavy (non-hydrogen) atoms. The number of fused-ring (bicyclic) bond motifs is 2. The van der Waals surface area contributed by atoms with Crippen LogP contribution in [0.5, 0.6) is 0 Å². The van der Waals surface area contributed by atoms with Crippen LogP contribution in [0.3, 0.4) is 0 Å². The summed E-state index contributed by atoms with van der Waals surface area (Å²) in [5.41, 5.74) is 2.58. The Hall–Kier alpha value is -3.03. The molecule has 0 spiro atoms. The maximum absolute atomic E-state index is 13.1. The summed E-state index contributed by atoms with van der Waals surface area (Å²) in [5, 5.41) is 12.3. The molecule has 5 rings (SSSR count). The fourth-order valence-corrected chi connectivity index (χ4v) is 4.49. The molecular formula is C22H18ClN5OS. The fourth-order valence-electron chi connectivity index (χ4n) is 3.56. The molecule has 0 fully saturated rings. The van der Waals surface area contributed by atoms with Gasteiger partial charge in [0.05, 0.1) is 11.1 Å². The molecule has 8 heteroatoms. The normalized spacial score (nSPS) is 17.6. The summed E-state index contributed by atoms with van der Waals surface area (Å²) in [6.07, 6.45) is 1.56. The summed E-state index contributed by atoms with van der Waals surface area (Å²) in [6.45, 7) is 0. The van der Waals surface area contributed by atoms with Gasteiger partial charge in [-0.2, -0.15) is 0 Å². The number of aryl methyl sites for hydroxylation is 1. The van der Waals surface area contributed by atoms with Crippen LogP contribution in [-0.4, -0.2) is 20.7 Å². The SMILES string of the molecule is Cn1cccc1C1N=c2ccccc2=C2C(=O)NC(SCc3ccc(Cl)cc3)=NN21. The summed E-state index contributed by atoms with van der Waals surface area (Å²) in [4.78, 5) is 18.0. The monoisotopic (exact) mass is 435 g/mol. The van der Waals surface area contributed by atoms with Gasteiger partial charge >= 0.3 is 0 Å². The quantitative estimate of drug-likeness (QED) is 0.688. The number of hydrogen-bond acceptors (Lipinski definition) is 5. The number of rotatable bonds is 3. The number of carbonyl (C=O) groups excluding carboxylic acids is 1. The van der Waals surface area contributed by atoms with Crippen LogP contribution >= 0.6 is 23.4 Å². The van der Waals surface area contributed by atoms with Crippen LogP contribution in [0.2, 0.25) is 5.02 Å². The van der Waals surface area contributed by atoms with Crippen molar-refractivity contribution < 1.29 is 4.79 Å². The van der Waals surface area contributed by atoms with Gasteiger partial charge in [0.25, 0.3) is 5.91 Å². The average molecular weight is 436 g/mol. The Morgan fingerprint density at radius 1 is 1.10 bits per heavy atom. The van der Waals surface area contributed by atoms with Gasteiger partial charge < -0.3 is 4.57 Å². The molecule has 1 unspecified atom stereocenters. The lowest BCUT2D eigenvalue weighted by Crippen LogP contribution is -2.50. The molecule has 0 bridgehead atoms. The van der Waals surface area contributed by atoms with E-state index in [1.54, 1.807) is 5.01 Å². The molecule has 2 aliphatic heterocycles. The lowest BCUT2D eigenvalue weighted by molar-refractivity contribution is -0.116. The van der Waals surface area contributed by atoms with Crippen LogP contribution in [0, 0.1) is 0 Å². The van der Waals surface area contributed by atoms with E-state index in [0.717, 1.165) is 21.8 Å². The number of thioether (sulfide) groups is 1. The number of benzene rings is 2. The minimum atomic E-state index is -0.410. The second-order valence-electron chi connectivity index (χ2n) is 7.03. The fraction of sp³-hybridized carbons (Fsp3) is 0.136. The number of aromatic nitrogens is 1. The molecule has 0 aliphatic carbocycles. The van der Waals surface area contributed by atoms with E-state index in [-0.39, 0.29) is 5.91 Å². The first-order chi connectivity index (χ1) is 14.6. The van der Waals surface area contributed by atoms with Gasteiger partial charge in [0.15, 0.2) is 11.3 Å². The molecule has 1 atom stereocenters. The van der Waals surface area contributed by atoms with E-state index in [1.807, 2.05) is 78.5 Å². The van der Waals surface area contributed by atoms with Crippen molar-refractivity contribution in [2.24, 2.45) is 17.1 Å². The standard InChI is InChI=1S/C22H18ClN5OS/c1-27-12-4-7-18(27)20-24-17-6-3-2-5-16(17)19-21(29)25-22(26-28(19)20)30-13-14-8-10-15(23)11-9-14/h2-12,20H,13H2,1H3,(H,25,26,29). The van der Waals surface area contributed by atoms with Crippen LogP contribution in [0.25, 0.3) is 5.70 Å². The van der Waals surface area contributed by atoms with Crippen LogP contribution in [0.4, 0.5) is 0 Å². The predicted molar refractivity (Wildman–Crippen MR) is 119 cm³/mol. The number of para-hydroxylation sites is 1. The lowest BCUT2D eigenvalue weighted by atomic mass is 10.1. The molecule has 0 saturated carbocycles. The number of hydrazone groups is 1. The lowest BCUT2D eigenvalue weighted by Gasteiger charge is -2.34. The summed E-state index contributed by atoms with van der Waals surface area (Å²) in [5.74, 6) is 0.493. The first kappa shape index (κ1) is 19.0. The molecular weight excluding hydrogens is 418 g/mol. The minimum absolute atomic E-state index is 0.176. The van der Waals surface area contributed by atoms with E-state index in [9.17, 15) is 4.79 Å². The number of amides is 1. The highest BCUT2D eigenvalue weighted by Gasteiger charge is 2.35. The topological polar surface area (TPSA) is 62.0 Å². The molecule has 0 saturated heterocycles. The molecule has 0 radical (unpaired) electrons. The summed E-state index contributed by atoms with van der Waals surface area (Å²) < 4.78 is 2.00. The van der Waals surface area contributed by atoms with Gasteiger partial charge in [-0.3, -0.25) is 15.1 Å². The van der Waals surface area contributed by atoms with Gasteiger partial charge in [-0.05, 0) is 35.9 Å². The number of hydrogen-bond donors (Lipinski definition) is 1. The van der Waals surface area contributed by atoms with Crippen LogP contribution < -0.4 is 15.9 Å². The third-order valence-electron chi connectivity index (χ3n) is 5.05. The largest absolute Gasteiger partial charge is 0.351 e. The zero-order valence-corrected chi connectivity index (χ0v) is 17.7. The van der Waals surface area contributed by atoms with Gasteiger partial charge in [-0.1, -0.05) is 53.7 Å². The highest BCUT2D eigenvalue weighted by Crippen LogP contribution is 2.31. The molecule has 1 aromatic heterocycles. The Bertz CT molecular complexity index is 1280. The predicted octanol–water partition coefficient (Wildman–Crippen LogP) is 2.75. The molecule has 3 heterocycles. The van der Waals surface area contributed by atoms with Gasteiger partial charge in [-0.15, -0.1) is 5.10 Å². The van der Waals surface area contributed by atoms with Gasteiger partial charge in [0.1, 0.15) is 5.70 Å². The van der Waals surface area contributed by atoms with E-state index in [0.29, 0.717) is 21.6 Å². The summed E-state index contributed by atoms with van der Waals surface area (Å²) in [7, 11) is 1.97. The van der Waals surface area contributed by atoms with Crippen LogP contribution in [0.15, 0.2) is 77.0 Å². The summed E-state index contributed by atoms with van der Waals surface area (Å²) in [6, 6.07) is 19.3. The molecule has 1 N–H and O–H groups in total. The van der Waals surface area contributed by atoms with Crippen LogP contribution in [0.1, 0.15) is 17.4 Å². The highest BCUT2D eigenvalue weighted by atomic mass is 35.5. The Morgan fingerprint density at radius 2 is 1.90 bits per heavy atom. The highest BCUT2D eigenvalue weighted by molar-refractivity contribution is 8.13. The maximum Gasteiger partial charge on any atom is 0.276 e. The van der Waals surface area contributed by atoms with Crippen molar-refractivity contribution in [3.63, 3.8) is 0 Å².